The average molecular weight is 429 g/mol. The zero-order chi connectivity index (χ0) is 21.7. The van der Waals surface area contributed by atoms with Gasteiger partial charge in [-0.2, -0.15) is 0 Å². The summed E-state index contributed by atoms with van der Waals surface area (Å²) in [7, 11) is 0. The largest absolute Gasteiger partial charge is 0.454 e. The fourth-order valence-electron chi connectivity index (χ4n) is 3.57. The van der Waals surface area contributed by atoms with Gasteiger partial charge < -0.3 is 14.5 Å². The molecule has 6 nitrogen and oxygen atoms in total. The normalized spacial score (nSPS) is 16.4. The summed E-state index contributed by atoms with van der Waals surface area (Å²) in [5, 5.41) is 1.84. The summed E-state index contributed by atoms with van der Waals surface area (Å²) in [4.78, 5) is 42.1. The Morgan fingerprint density at radius 3 is 2.50 bits per heavy atom. The molecule has 7 heteroatoms. The number of esters is 1. The number of hydrogen-bond acceptors (Lipinski definition) is 5. The van der Waals surface area contributed by atoms with Gasteiger partial charge in [0.25, 0.3) is 11.8 Å². The summed E-state index contributed by atoms with van der Waals surface area (Å²) in [5.41, 5.74) is 0.587. The molecule has 0 spiro atoms. The van der Waals surface area contributed by atoms with Crippen LogP contribution in [0.5, 0.6) is 0 Å². The van der Waals surface area contributed by atoms with Crippen LogP contribution in [-0.2, 0) is 20.9 Å². The molecule has 0 aliphatic carbocycles. The average Bonchev–Trinajstić information content (AvgIpc) is 3.41. The minimum atomic E-state index is -0.635. The molecule has 2 aromatic rings. The summed E-state index contributed by atoms with van der Waals surface area (Å²) in [6.07, 6.45) is 1.30. The molecule has 3 rings (SSSR count). The number of carbonyl (C=O) groups is 3. The lowest BCUT2D eigenvalue weighted by molar-refractivity contribution is -0.157. The summed E-state index contributed by atoms with van der Waals surface area (Å²) in [5.74, 6) is -0.927. The summed E-state index contributed by atoms with van der Waals surface area (Å²) >= 11 is 1.35. The molecule has 1 saturated heterocycles. The van der Waals surface area contributed by atoms with E-state index in [2.05, 4.69) is 0 Å². The van der Waals surface area contributed by atoms with Gasteiger partial charge in [-0.1, -0.05) is 36.4 Å². The van der Waals surface area contributed by atoms with Crippen LogP contribution in [0.4, 0.5) is 0 Å². The summed E-state index contributed by atoms with van der Waals surface area (Å²) in [6.45, 7) is 6.48. The lowest BCUT2D eigenvalue weighted by Crippen LogP contribution is -2.48. The molecule has 2 amide bonds. The second-order valence-corrected chi connectivity index (χ2v) is 9.33. The molecule has 1 aliphatic rings. The van der Waals surface area contributed by atoms with Crippen LogP contribution in [0.2, 0.25) is 0 Å². The monoisotopic (exact) mass is 428 g/mol. The molecule has 1 aromatic heterocycles. The Labute approximate surface area is 181 Å². The Kier molecular flexibility index (Phi) is 6.92. The van der Waals surface area contributed by atoms with E-state index in [4.69, 9.17) is 4.74 Å². The maximum atomic E-state index is 12.9. The molecule has 2 heterocycles. The van der Waals surface area contributed by atoms with E-state index >= 15 is 0 Å². The van der Waals surface area contributed by atoms with Crippen LogP contribution in [0.1, 0.15) is 48.8 Å². The SMILES string of the molecule is CC(C)(C)N(Cc1ccccc1)C(=O)COC(=O)[C@H]1CCCN1C(=O)c1cccs1. The molecular weight excluding hydrogens is 400 g/mol. The lowest BCUT2D eigenvalue weighted by atomic mass is 10.0. The molecule has 160 valence electrons. The summed E-state index contributed by atoms with van der Waals surface area (Å²) < 4.78 is 5.38. The number of carbonyl (C=O) groups excluding carboxylic acids is 3. The highest BCUT2D eigenvalue weighted by Crippen LogP contribution is 2.23. The first kappa shape index (κ1) is 22.0. The van der Waals surface area contributed by atoms with E-state index in [9.17, 15) is 14.4 Å². The maximum absolute atomic E-state index is 12.9. The van der Waals surface area contributed by atoms with Crippen molar-refractivity contribution in [1.29, 1.82) is 0 Å². The van der Waals surface area contributed by atoms with Crippen molar-refractivity contribution in [3.8, 4) is 0 Å². The van der Waals surface area contributed by atoms with Crippen LogP contribution >= 0.6 is 11.3 Å². The van der Waals surface area contributed by atoms with Crippen molar-refractivity contribution in [2.75, 3.05) is 13.2 Å². The number of nitrogens with zero attached hydrogens (tertiary/aromatic N) is 2. The standard InChI is InChI=1S/C23H28N2O4S/c1-23(2,3)25(15-17-9-5-4-6-10-17)20(26)16-29-22(28)18-11-7-13-24(18)21(27)19-12-8-14-30-19/h4-6,8-10,12,14,18H,7,11,13,15-16H2,1-3H3/t18-/m1/s1. The second kappa shape index (κ2) is 9.43. The molecule has 0 unspecified atom stereocenters. The van der Waals surface area contributed by atoms with Gasteiger partial charge in [0.1, 0.15) is 6.04 Å². The molecule has 1 aromatic carbocycles. The third kappa shape index (κ3) is 5.27. The number of benzene rings is 1. The van der Waals surface area contributed by atoms with E-state index in [0.717, 1.165) is 12.0 Å². The van der Waals surface area contributed by atoms with E-state index in [-0.39, 0.29) is 18.4 Å². The number of likely N-dealkylation sites (tertiary alicyclic amines) is 1. The Balaban J connectivity index is 1.61. The third-order valence-electron chi connectivity index (χ3n) is 5.15. The number of hydrogen-bond donors (Lipinski definition) is 0. The Morgan fingerprint density at radius 2 is 1.87 bits per heavy atom. The van der Waals surface area contributed by atoms with Crippen LogP contribution < -0.4 is 0 Å². The van der Waals surface area contributed by atoms with Crippen LogP contribution in [0.25, 0.3) is 0 Å². The van der Waals surface area contributed by atoms with Gasteiger partial charge in [-0.25, -0.2) is 4.79 Å². The van der Waals surface area contributed by atoms with Gasteiger partial charge in [-0.15, -0.1) is 11.3 Å². The predicted octanol–water partition coefficient (Wildman–Crippen LogP) is 3.72. The van der Waals surface area contributed by atoms with E-state index in [1.165, 1.54) is 11.3 Å². The van der Waals surface area contributed by atoms with Crippen molar-refractivity contribution in [2.45, 2.75) is 51.7 Å². The maximum Gasteiger partial charge on any atom is 0.329 e. The topological polar surface area (TPSA) is 66.9 Å². The minimum absolute atomic E-state index is 0.156. The van der Waals surface area contributed by atoms with Crippen LogP contribution in [-0.4, -0.2) is 52.3 Å². The Morgan fingerprint density at radius 1 is 1.13 bits per heavy atom. The fraction of sp³-hybridized carbons (Fsp3) is 0.435. The number of rotatable bonds is 6. The lowest BCUT2D eigenvalue weighted by Gasteiger charge is -2.36. The van der Waals surface area contributed by atoms with Gasteiger partial charge in [-0.05, 0) is 50.6 Å². The Hall–Kier alpha value is -2.67. The first-order valence-electron chi connectivity index (χ1n) is 10.1. The van der Waals surface area contributed by atoms with Gasteiger partial charge in [0.05, 0.1) is 4.88 Å². The minimum Gasteiger partial charge on any atom is -0.454 e. The molecule has 1 atom stereocenters. The van der Waals surface area contributed by atoms with Crippen molar-refractivity contribution < 1.29 is 19.1 Å². The first-order valence-corrected chi connectivity index (χ1v) is 11.0. The van der Waals surface area contributed by atoms with Crippen molar-refractivity contribution in [2.24, 2.45) is 0 Å². The third-order valence-corrected chi connectivity index (χ3v) is 6.01. The zero-order valence-corrected chi connectivity index (χ0v) is 18.5. The summed E-state index contributed by atoms with van der Waals surface area (Å²) in [6, 6.07) is 12.6. The molecular formula is C23H28N2O4S. The first-order chi connectivity index (χ1) is 14.3. The smallest absolute Gasteiger partial charge is 0.329 e. The van der Waals surface area contributed by atoms with Gasteiger partial charge in [0, 0.05) is 18.6 Å². The second-order valence-electron chi connectivity index (χ2n) is 8.38. The van der Waals surface area contributed by atoms with E-state index < -0.39 is 17.6 Å². The van der Waals surface area contributed by atoms with Crippen molar-refractivity contribution in [1.82, 2.24) is 9.80 Å². The van der Waals surface area contributed by atoms with Crippen molar-refractivity contribution in [3.63, 3.8) is 0 Å². The number of ether oxygens (including phenoxy) is 1. The molecule has 30 heavy (non-hydrogen) atoms. The molecule has 0 saturated carbocycles. The number of amides is 2. The van der Waals surface area contributed by atoms with Crippen molar-refractivity contribution >= 4 is 29.1 Å². The van der Waals surface area contributed by atoms with Crippen LogP contribution in [0, 0.1) is 0 Å². The van der Waals surface area contributed by atoms with Gasteiger partial charge >= 0.3 is 5.97 Å². The highest BCUT2D eigenvalue weighted by molar-refractivity contribution is 7.12. The zero-order valence-electron chi connectivity index (χ0n) is 17.7. The molecule has 1 aliphatic heterocycles. The highest BCUT2D eigenvalue weighted by Gasteiger charge is 2.37. The van der Waals surface area contributed by atoms with Gasteiger partial charge in [0.15, 0.2) is 6.61 Å². The molecule has 0 N–H and O–H groups in total. The van der Waals surface area contributed by atoms with E-state index in [1.807, 2.05) is 62.5 Å². The van der Waals surface area contributed by atoms with Crippen LogP contribution in [0.3, 0.4) is 0 Å². The Bertz CT molecular complexity index is 874. The highest BCUT2D eigenvalue weighted by atomic mass is 32.1. The predicted molar refractivity (Wildman–Crippen MR) is 116 cm³/mol. The molecule has 0 bridgehead atoms. The fourth-order valence-corrected chi connectivity index (χ4v) is 4.25. The van der Waals surface area contributed by atoms with Crippen LogP contribution in [0.15, 0.2) is 47.8 Å². The van der Waals surface area contributed by atoms with Gasteiger partial charge in [0.2, 0.25) is 0 Å². The van der Waals surface area contributed by atoms with E-state index in [1.54, 1.807) is 15.9 Å². The van der Waals surface area contributed by atoms with E-state index in [0.29, 0.717) is 24.4 Å². The van der Waals surface area contributed by atoms with Gasteiger partial charge in [-0.3, -0.25) is 9.59 Å². The molecule has 1 fully saturated rings. The molecule has 0 radical (unpaired) electrons. The quantitative estimate of drug-likeness (QED) is 0.658. The van der Waals surface area contributed by atoms with Crippen molar-refractivity contribution in [3.05, 3.63) is 58.3 Å². The number of thiophene rings is 1.